The molecule has 88 valence electrons. The normalized spacial score (nSPS) is 11.1. The van der Waals surface area contributed by atoms with Gasteiger partial charge in [-0.25, -0.2) is 0 Å². The SMILES string of the molecule is C=CCN(Cc1ccc(CN)cc1)C(C)C. The highest BCUT2D eigenvalue weighted by atomic mass is 15.1. The van der Waals surface area contributed by atoms with E-state index in [-0.39, 0.29) is 0 Å². The van der Waals surface area contributed by atoms with Crippen molar-refractivity contribution >= 4 is 0 Å². The van der Waals surface area contributed by atoms with Gasteiger partial charge in [0, 0.05) is 25.7 Å². The fourth-order valence-electron chi connectivity index (χ4n) is 1.64. The van der Waals surface area contributed by atoms with Gasteiger partial charge in [-0.05, 0) is 25.0 Å². The summed E-state index contributed by atoms with van der Waals surface area (Å²) in [5.74, 6) is 0. The summed E-state index contributed by atoms with van der Waals surface area (Å²) in [4.78, 5) is 2.38. The van der Waals surface area contributed by atoms with Crippen molar-refractivity contribution in [2.45, 2.75) is 33.0 Å². The zero-order valence-electron chi connectivity index (χ0n) is 10.3. The molecule has 2 N–H and O–H groups in total. The van der Waals surface area contributed by atoms with Gasteiger partial charge in [-0.1, -0.05) is 30.3 Å². The van der Waals surface area contributed by atoms with Crippen LogP contribution in [0.1, 0.15) is 25.0 Å². The predicted molar refractivity (Wildman–Crippen MR) is 70.1 cm³/mol. The van der Waals surface area contributed by atoms with Crippen molar-refractivity contribution in [1.29, 1.82) is 0 Å². The average Bonchev–Trinajstić information content (AvgIpc) is 2.29. The van der Waals surface area contributed by atoms with E-state index in [4.69, 9.17) is 5.73 Å². The standard InChI is InChI=1S/C14H22N2/c1-4-9-16(12(2)3)11-14-7-5-13(10-15)6-8-14/h4-8,12H,1,9-11,15H2,2-3H3. The zero-order chi connectivity index (χ0) is 12.0. The van der Waals surface area contributed by atoms with E-state index in [1.807, 2.05) is 6.08 Å². The predicted octanol–water partition coefficient (Wildman–Crippen LogP) is 2.54. The molecule has 2 heteroatoms. The van der Waals surface area contributed by atoms with E-state index >= 15 is 0 Å². The highest BCUT2D eigenvalue weighted by Crippen LogP contribution is 2.09. The van der Waals surface area contributed by atoms with Gasteiger partial charge in [0.15, 0.2) is 0 Å². The van der Waals surface area contributed by atoms with E-state index in [2.05, 4.69) is 49.6 Å². The number of nitrogens with zero attached hydrogens (tertiary/aromatic N) is 1. The van der Waals surface area contributed by atoms with Gasteiger partial charge >= 0.3 is 0 Å². The molecule has 0 atom stereocenters. The van der Waals surface area contributed by atoms with Crippen LogP contribution in [0.4, 0.5) is 0 Å². The number of hydrogen-bond acceptors (Lipinski definition) is 2. The fraction of sp³-hybridized carbons (Fsp3) is 0.429. The van der Waals surface area contributed by atoms with Crippen LogP contribution in [0, 0.1) is 0 Å². The largest absolute Gasteiger partial charge is 0.326 e. The van der Waals surface area contributed by atoms with E-state index in [9.17, 15) is 0 Å². The number of nitrogens with two attached hydrogens (primary N) is 1. The monoisotopic (exact) mass is 218 g/mol. The van der Waals surface area contributed by atoms with Crippen molar-refractivity contribution in [2.75, 3.05) is 6.54 Å². The van der Waals surface area contributed by atoms with Crippen molar-refractivity contribution in [3.05, 3.63) is 48.0 Å². The van der Waals surface area contributed by atoms with Crippen LogP contribution in [0.3, 0.4) is 0 Å². The fourth-order valence-corrected chi connectivity index (χ4v) is 1.64. The third-order valence-electron chi connectivity index (χ3n) is 2.74. The second-order valence-electron chi connectivity index (χ2n) is 4.33. The lowest BCUT2D eigenvalue weighted by atomic mass is 10.1. The molecule has 0 saturated carbocycles. The molecule has 0 unspecified atom stereocenters. The van der Waals surface area contributed by atoms with Crippen molar-refractivity contribution in [2.24, 2.45) is 5.73 Å². The van der Waals surface area contributed by atoms with Crippen LogP contribution in [0.15, 0.2) is 36.9 Å². The Morgan fingerprint density at radius 2 is 1.81 bits per heavy atom. The van der Waals surface area contributed by atoms with Gasteiger partial charge in [-0.3, -0.25) is 4.90 Å². The van der Waals surface area contributed by atoms with Gasteiger partial charge in [0.2, 0.25) is 0 Å². The quantitative estimate of drug-likeness (QED) is 0.743. The Morgan fingerprint density at radius 1 is 1.25 bits per heavy atom. The van der Waals surface area contributed by atoms with Gasteiger partial charge in [0.1, 0.15) is 0 Å². The lowest BCUT2D eigenvalue weighted by Gasteiger charge is -2.25. The molecule has 0 heterocycles. The molecule has 0 aliphatic carbocycles. The summed E-state index contributed by atoms with van der Waals surface area (Å²) in [7, 11) is 0. The van der Waals surface area contributed by atoms with Gasteiger partial charge in [-0.2, -0.15) is 0 Å². The van der Waals surface area contributed by atoms with Crippen LogP contribution < -0.4 is 5.73 Å². The van der Waals surface area contributed by atoms with Crippen molar-refractivity contribution in [1.82, 2.24) is 4.90 Å². The minimum atomic E-state index is 0.534. The second kappa shape index (κ2) is 6.46. The van der Waals surface area contributed by atoms with Crippen molar-refractivity contribution in [3.63, 3.8) is 0 Å². The summed E-state index contributed by atoms with van der Waals surface area (Å²) >= 11 is 0. The Labute approximate surface area is 98.8 Å². The van der Waals surface area contributed by atoms with Crippen LogP contribution in [0.25, 0.3) is 0 Å². The maximum absolute atomic E-state index is 5.57. The van der Waals surface area contributed by atoms with Crippen molar-refractivity contribution in [3.8, 4) is 0 Å². The lowest BCUT2D eigenvalue weighted by Crippen LogP contribution is -2.30. The number of benzene rings is 1. The van der Waals surface area contributed by atoms with E-state index in [1.165, 1.54) is 11.1 Å². The molecule has 0 spiro atoms. The average molecular weight is 218 g/mol. The highest BCUT2D eigenvalue weighted by Gasteiger charge is 2.07. The van der Waals surface area contributed by atoms with Crippen LogP contribution in [0.2, 0.25) is 0 Å². The Balaban J connectivity index is 2.65. The van der Waals surface area contributed by atoms with E-state index < -0.39 is 0 Å². The first-order valence-electron chi connectivity index (χ1n) is 5.80. The number of hydrogen-bond donors (Lipinski definition) is 1. The maximum atomic E-state index is 5.57. The van der Waals surface area contributed by atoms with E-state index in [1.54, 1.807) is 0 Å². The molecule has 0 saturated heterocycles. The minimum absolute atomic E-state index is 0.534. The number of rotatable bonds is 6. The first-order valence-corrected chi connectivity index (χ1v) is 5.80. The van der Waals surface area contributed by atoms with Crippen LogP contribution in [-0.4, -0.2) is 17.5 Å². The molecule has 1 rings (SSSR count). The Morgan fingerprint density at radius 3 is 2.25 bits per heavy atom. The molecule has 1 aromatic rings. The molecule has 0 aliphatic rings. The molecule has 1 aromatic carbocycles. The summed E-state index contributed by atoms with van der Waals surface area (Å²) in [5.41, 5.74) is 8.08. The smallest absolute Gasteiger partial charge is 0.0239 e. The highest BCUT2D eigenvalue weighted by molar-refractivity contribution is 5.22. The summed E-state index contributed by atoms with van der Waals surface area (Å²) in [6, 6.07) is 9.04. The summed E-state index contributed by atoms with van der Waals surface area (Å²) in [6.45, 7) is 10.7. The molecule has 0 aromatic heterocycles. The maximum Gasteiger partial charge on any atom is 0.0239 e. The zero-order valence-corrected chi connectivity index (χ0v) is 10.3. The third kappa shape index (κ3) is 3.80. The third-order valence-corrected chi connectivity index (χ3v) is 2.74. The van der Waals surface area contributed by atoms with Crippen LogP contribution in [-0.2, 0) is 13.1 Å². The summed E-state index contributed by atoms with van der Waals surface area (Å²) in [6.07, 6.45) is 1.95. The van der Waals surface area contributed by atoms with Gasteiger partial charge in [0.05, 0.1) is 0 Å². The van der Waals surface area contributed by atoms with Gasteiger partial charge in [0.25, 0.3) is 0 Å². The van der Waals surface area contributed by atoms with Gasteiger partial charge in [-0.15, -0.1) is 6.58 Å². The Bertz CT molecular complexity index is 314. The molecular formula is C14H22N2. The summed E-state index contributed by atoms with van der Waals surface area (Å²) < 4.78 is 0. The molecule has 16 heavy (non-hydrogen) atoms. The molecule has 0 amide bonds. The van der Waals surface area contributed by atoms with Gasteiger partial charge < -0.3 is 5.73 Å². The first-order chi connectivity index (χ1) is 7.67. The first kappa shape index (κ1) is 12.9. The van der Waals surface area contributed by atoms with E-state index in [0.29, 0.717) is 12.6 Å². The van der Waals surface area contributed by atoms with Crippen LogP contribution >= 0.6 is 0 Å². The molecule has 0 bridgehead atoms. The molecule has 0 fully saturated rings. The van der Waals surface area contributed by atoms with E-state index in [0.717, 1.165) is 13.1 Å². The van der Waals surface area contributed by atoms with Crippen molar-refractivity contribution < 1.29 is 0 Å². The minimum Gasteiger partial charge on any atom is -0.326 e. The molecule has 0 radical (unpaired) electrons. The Kier molecular flexibility index (Phi) is 5.23. The summed E-state index contributed by atoms with van der Waals surface area (Å²) in [5, 5.41) is 0. The molecule has 2 nitrogen and oxygen atoms in total. The van der Waals surface area contributed by atoms with Crippen LogP contribution in [0.5, 0.6) is 0 Å². The lowest BCUT2D eigenvalue weighted by molar-refractivity contribution is 0.237. The topological polar surface area (TPSA) is 29.3 Å². The second-order valence-corrected chi connectivity index (χ2v) is 4.33. The Hall–Kier alpha value is -1.12. The molecular weight excluding hydrogens is 196 g/mol. The molecule has 0 aliphatic heterocycles.